The number of phenolic OH excluding ortho intramolecular Hbond substituents is 1. The summed E-state index contributed by atoms with van der Waals surface area (Å²) in [6.07, 6.45) is 3.29. The second-order valence-corrected chi connectivity index (χ2v) is 6.03. The molecule has 0 atom stereocenters. The van der Waals surface area contributed by atoms with Gasteiger partial charge in [0.25, 0.3) is 17.4 Å². The minimum atomic E-state index is -0.558. The number of aromatic hydroxyl groups is 1. The van der Waals surface area contributed by atoms with Crippen molar-refractivity contribution < 1.29 is 14.7 Å². The number of para-hydroxylation sites is 1. The van der Waals surface area contributed by atoms with Crippen LogP contribution in [0.15, 0.2) is 41.3 Å². The van der Waals surface area contributed by atoms with Crippen molar-refractivity contribution in [2.75, 3.05) is 7.05 Å². The highest BCUT2D eigenvalue weighted by molar-refractivity contribution is 5.99. The first-order valence-electron chi connectivity index (χ1n) is 8.04. The zero-order valence-electron chi connectivity index (χ0n) is 13.8. The van der Waals surface area contributed by atoms with Gasteiger partial charge in [0, 0.05) is 24.8 Å². The average molecular weight is 341 g/mol. The molecule has 0 bridgehead atoms. The van der Waals surface area contributed by atoms with Crippen molar-refractivity contribution >= 4 is 11.8 Å². The standard InChI is InChI=1S/C18H19N3O4/c1-19-17(24)14-8-12(16(23)20-13-6-7-13)10-21(18(14)25)9-11-4-2-3-5-15(11)22/h2-5,8,10,13,22H,6-7,9H2,1H3,(H,19,24)(H,20,23). The summed E-state index contributed by atoms with van der Waals surface area (Å²) in [5.41, 5.74) is 0.125. The van der Waals surface area contributed by atoms with Gasteiger partial charge >= 0.3 is 0 Å². The Morgan fingerprint density at radius 1 is 1.24 bits per heavy atom. The normalized spacial score (nSPS) is 13.3. The SMILES string of the molecule is CNC(=O)c1cc(C(=O)NC2CC2)cn(Cc2ccccc2O)c1=O. The highest BCUT2D eigenvalue weighted by atomic mass is 16.3. The van der Waals surface area contributed by atoms with Gasteiger partial charge in [-0.2, -0.15) is 0 Å². The fourth-order valence-electron chi connectivity index (χ4n) is 2.50. The Labute approximate surface area is 144 Å². The van der Waals surface area contributed by atoms with Gasteiger partial charge in [0.1, 0.15) is 11.3 Å². The Morgan fingerprint density at radius 3 is 2.60 bits per heavy atom. The topological polar surface area (TPSA) is 100 Å². The molecule has 1 aromatic carbocycles. The summed E-state index contributed by atoms with van der Waals surface area (Å²) < 4.78 is 1.27. The van der Waals surface area contributed by atoms with Crippen LogP contribution in [0, 0.1) is 0 Å². The zero-order valence-corrected chi connectivity index (χ0v) is 13.8. The number of carbonyl (C=O) groups excluding carboxylic acids is 2. The van der Waals surface area contributed by atoms with Crippen molar-refractivity contribution in [2.24, 2.45) is 0 Å². The Balaban J connectivity index is 2.02. The van der Waals surface area contributed by atoms with Gasteiger partial charge in [-0.25, -0.2) is 0 Å². The first-order valence-corrected chi connectivity index (χ1v) is 8.04. The number of hydrogen-bond acceptors (Lipinski definition) is 4. The lowest BCUT2D eigenvalue weighted by molar-refractivity contribution is 0.0950. The van der Waals surface area contributed by atoms with Gasteiger partial charge in [-0.3, -0.25) is 14.4 Å². The predicted molar refractivity (Wildman–Crippen MR) is 91.8 cm³/mol. The lowest BCUT2D eigenvalue weighted by Gasteiger charge is -2.12. The number of pyridine rings is 1. The number of carbonyl (C=O) groups is 2. The number of hydrogen-bond donors (Lipinski definition) is 3. The monoisotopic (exact) mass is 341 g/mol. The smallest absolute Gasteiger partial charge is 0.263 e. The molecule has 130 valence electrons. The zero-order chi connectivity index (χ0) is 18.0. The van der Waals surface area contributed by atoms with Crippen molar-refractivity contribution in [1.82, 2.24) is 15.2 Å². The molecule has 7 nitrogen and oxygen atoms in total. The quantitative estimate of drug-likeness (QED) is 0.751. The summed E-state index contributed by atoms with van der Waals surface area (Å²) in [7, 11) is 1.42. The Kier molecular flexibility index (Phi) is 4.56. The number of nitrogens with zero attached hydrogens (tertiary/aromatic N) is 1. The molecule has 0 aliphatic heterocycles. The molecule has 7 heteroatoms. The molecule has 0 spiro atoms. The number of amides is 2. The molecule has 3 N–H and O–H groups in total. The first-order chi connectivity index (χ1) is 12.0. The summed E-state index contributed by atoms with van der Waals surface area (Å²) in [6.45, 7) is 0.0556. The van der Waals surface area contributed by atoms with Crippen LogP contribution in [0.2, 0.25) is 0 Å². The van der Waals surface area contributed by atoms with Crippen LogP contribution in [0.1, 0.15) is 39.1 Å². The lowest BCUT2D eigenvalue weighted by Crippen LogP contribution is -2.34. The van der Waals surface area contributed by atoms with Gasteiger partial charge in [-0.15, -0.1) is 0 Å². The molecule has 0 radical (unpaired) electrons. The van der Waals surface area contributed by atoms with Crippen molar-refractivity contribution in [3.8, 4) is 5.75 Å². The van der Waals surface area contributed by atoms with Gasteiger partial charge in [0.2, 0.25) is 0 Å². The van der Waals surface area contributed by atoms with Crippen LogP contribution < -0.4 is 16.2 Å². The third-order valence-electron chi connectivity index (χ3n) is 4.06. The third kappa shape index (κ3) is 3.71. The van der Waals surface area contributed by atoms with Gasteiger partial charge in [0.05, 0.1) is 12.1 Å². The van der Waals surface area contributed by atoms with Crippen LogP contribution in [0.4, 0.5) is 0 Å². The summed E-state index contributed by atoms with van der Waals surface area (Å²) in [5.74, 6) is -0.834. The van der Waals surface area contributed by atoms with E-state index in [9.17, 15) is 19.5 Å². The first kappa shape index (κ1) is 16.8. The van der Waals surface area contributed by atoms with E-state index < -0.39 is 11.5 Å². The molecule has 1 aliphatic carbocycles. The number of phenols is 1. The molecule has 2 amide bonds. The van der Waals surface area contributed by atoms with Crippen LogP contribution >= 0.6 is 0 Å². The molecule has 0 saturated heterocycles. The summed E-state index contributed by atoms with van der Waals surface area (Å²) >= 11 is 0. The van der Waals surface area contributed by atoms with E-state index in [-0.39, 0.29) is 35.4 Å². The van der Waals surface area contributed by atoms with E-state index in [1.165, 1.54) is 29.9 Å². The molecular weight excluding hydrogens is 322 g/mol. The van der Waals surface area contributed by atoms with Crippen LogP contribution in [0.25, 0.3) is 0 Å². The minimum Gasteiger partial charge on any atom is -0.508 e. The number of rotatable bonds is 5. The minimum absolute atomic E-state index is 0.0451. The largest absolute Gasteiger partial charge is 0.508 e. The van der Waals surface area contributed by atoms with Crippen molar-refractivity contribution in [3.05, 3.63) is 63.6 Å². The number of benzene rings is 1. The molecule has 1 aromatic heterocycles. The molecule has 1 heterocycles. The van der Waals surface area contributed by atoms with E-state index in [0.717, 1.165) is 12.8 Å². The fraction of sp³-hybridized carbons (Fsp3) is 0.278. The van der Waals surface area contributed by atoms with Gasteiger partial charge in [-0.1, -0.05) is 18.2 Å². The van der Waals surface area contributed by atoms with Crippen molar-refractivity contribution in [2.45, 2.75) is 25.4 Å². The second-order valence-electron chi connectivity index (χ2n) is 6.03. The summed E-state index contributed by atoms with van der Waals surface area (Å²) in [5, 5.41) is 15.2. The third-order valence-corrected chi connectivity index (χ3v) is 4.06. The van der Waals surface area contributed by atoms with E-state index in [0.29, 0.717) is 5.56 Å². The predicted octanol–water partition coefficient (Wildman–Crippen LogP) is 0.854. The molecule has 3 rings (SSSR count). The Morgan fingerprint density at radius 2 is 1.96 bits per heavy atom. The average Bonchev–Trinajstić information content (AvgIpc) is 3.41. The van der Waals surface area contributed by atoms with Crippen LogP contribution in [-0.2, 0) is 6.54 Å². The van der Waals surface area contributed by atoms with Crippen molar-refractivity contribution in [3.63, 3.8) is 0 Å². The van der Waals surface area contributed by atoms with Crippen molar-refractivity contribution in [1.29, 1.82) is 0 Å². The molecular formula is C18H19N3O4. The van der Waals surface area contributed by atoms with E-state index in [4.69, 9.17) is 0 Å². The molecule has 1 saturated carbocycles. The van der Waals surface area contributed by atoms with Crippen LogP contribution in [-0.4, -0.2) is 34.6 Å². The highest BCUT2D eigenvalue weighted by Crippen LogP contribution is 2.20. The van der Waals surface area contributed by atoms with E-state index in [1.54, 1.807) is 18.2 Å². The summed E-state index contributed by atoms with van der Waals surface area (Å²) in [6, 6.07) is 8.08. The molecule has 1 aliphatic rings. The molecule has 2 aromatic rings. The van der Waals surface area contributed by atoms with Gasteiger partial charge in [-0.05, 0) is 25.0 Å². The van der Waals surface area contributed by atoms with E-state index >= 15 is 0 Å². The molecule has 0 unspecified atom stereocenters. The van der Waals surface area contributed by atoms with E-state index in [2.05, 4.69) is 10.6 Å². The van der Waals surface area contributed by atoms with Crippen LogP contribution in [0.3, 0.4) is 0 Å². The molecule has 1 fully saturated rings. The maximum Gasteiger partial charge on any atom is 0.263 e. The lowest BCUT2D eigenvalue weighted by atomic mass is 10.1. The Hall–Kier alpha value is -3.09. The van der Waals surface area contributed by atoms with E-state index in [1.807, 2.05) is 0 Å². The van der Waals surface area contributed by atoms with Gasteiger partial charge < -0.3 is 20.3 Å². The number of nitrogens with one attached hydrogen (secondary N) is 2. The van der Waals surface area contributed by atoms with Crippen LogP contribution in [0.5, 0.6) is 5.75 Å². The highest BCUT2D eigenvalue weighted by Gasteiger charge is 2.25. The van der Waals surface area contributed by atoms with Gasteiger partial charge in [0.15, 0.2) is 0 Å². The molecule has 25 heavy (non-hydrogen) atoms. The second kappa shape index (κ2) is 6.80. The fourth-order valence-corrected chi connectivity index (χ4v) is 2.50. The number of aromatic nitrogens is 1. The Bertz CT molecular complexity index is 884. The summed E-state index contributed by atoms with van der Waals surface area (Å²) in [4.78, 5) is 36.9. The maximum atomic E-state index is 12.6. The maximum absolute atomic E-state index is 12.6.